The Morgan fingerprint density at radius 3 is 2.41 bits per heavy atom. The van der Waals surface area contributed by atoms with Crippen molar-refractivity contribution in [3.8, 4) is 11.5 Å². The maximum atomic E-state index is 6.11. The van der Waals surface area contributed by atoms with Gasteiger partial charge in [0.1, 0.15) is 11.5 Å². The highest BCUT2D eigenvalue weighted by molar-refractivity contribution is 6.32. The molecule has 0 aromatic heterocycles. The minimum Gasteiger partial charge on any atom is -0.496 e. The first-order valence-corrected chi connectivity index (χ1v) is 6.10. The zero-order valence-corrected chi connectivity index (χ0v) is 11.4. The van der Waals surface area contributed by atoms with Crippen molar-refractivity contribution < 1.29 is 9.47 Å². The molecule has 1 rings (SSSR count). The molecule has 0 saturated carbocycles. The predicted octanol–water partition coefficient (Wildman–Crippen LogP) is 2.88. The van der Waals surface area contributed by atoms with Crippen LogP contribution >= 0.6 is 11.6 Å². The van der Waals surface area contributed by atoms with E-state index in [0.29, 0.717) is 23.2 Å². The number of nitrogens with two attached hydrogens (primary N) is 1. The summed E-state index contributed by atoms with van der Waals surface area (Å²) in [7, 11) is 3.25. The first kappa shape index (κ1) is 14.1. The van der Waals surface area contributed by atoms with Crippen molar-refractivity contribution in [1.82, 2.24) is 0 Å². The molecule has 0 amide bonds. The van der Waals surface area contributed by atoms with Crippen LogP contribution in [0.15, 0.2) is 12.1 Å². The van der Waals surface area contributed by atoms with Crippen molar-refractivity contribution >= 4 is 11.6 Å². The van der Waals surface area contributed by atoms with E-state index < -0.39 is 0 Å². The van der Waals surface area contributed by atoms with Gasteiger partial charge in [-0.15, -0.1) is 0 Å². The van der Waals surface area contributed by atoms with Crippen LogP contribution in [0.25, 0.3) is 0 Å². The van der Waals surface area contributed by atoms with Crippen molar-refractivity contribution in [2.75, 3.05) is 20.8 Å². The molecule has 1 aromatic rings. The molecule has 1 unspecified atom stereocenters. The van der Waals surface area contributed by atoms with Crippen molar-refractivity contribution in [2.24, 2.45) is 11.7 Å². The lowest BCUT2D eigenvalue weighted by Gasteiger charge is -2.15. The van der Waals surface area contributed by atoms with Crippen LogP contribution in [-0.4, -0.2) is 20.8 Å². The van der Waals surface area contributed by atoms with Gasteiger partial charge >= 0.3 is 0 Å². The largest absolute Gasteiger partial charge is 0.496 e. The lowest BCUT2D eigenvalue weighted by Crippen LogP contribution is -2.08. The van der Waals surface area contributed by atoms with Gasteiger partial charge in [0.05, 0.1) is 19.2 Å². The lowest BCUT2D eigenvalue weighted by atomic mass is 9.97. The Morgan fingerprint density at radius 2 is 1.88 bits per heavy atom. The fraction of sp³-hybridized carbons (Fsp3) is 0.538. The fourth-order valence-corrected chi connectivity index (χ4v) is 2.11. The van der Waals surface area contributed by atoms with Gasteiger partial charge in [0.15, 0.2) is 0 Å². The second-order valence-electron chi connectivity index (χ2n) is 4.19. The van der Waals surface area contributed by atoms with E-state index in [4.69, 9.17) is 26.8 Å². The van der Waals surface area contributed by atoms with Crippen LogP contribution in [0, 0.1) is 5.92 Å². The van der Waals surface area contributed by atoms with Gasteiger partial charge in [-0.2, -0.15) is 0 Å². The molecule has 2 N–H and O–H groups in total. The summed E-state index contributed by atoms with van der Waals surface area (Å²) in [6, 6.07) is 3.74. The van der Waals surface area contributed by atoms with Crippen molar-refractivity contribution in [1.29, 1.82) is 0 Å². The van der Waals surface area contributed by atoms with Crippen LogP contribution in [0.4, 0.5) is 0 Å². The first-order chi connectivity index (χ1) is 8.12. The molecule has 0 saturated heterocycles. The van der Waals surface area contributed by atoms with E-state index in [9.17, 15) is 0 Å². The SMILES string of the molecule is COc1cc(OC)c(CC(C)CCN)cc1Cl. The quantitative estimate of drug-likeness (QED) is 0.852. The van der Waals surface area contributed by atoms with Crippen molar-refractivity contribution in [3.63, 3.8) is 0 Å². The summed E-state index contributed by atoms with van der Waals surface area (Å²) in [5.74, 6) is 1.97. The Bertz CT molecular complexity index is 369. The van der Waals surface area contributed by atoms with Crippen LogP contribution in [0.5, 0.6) is 11.5 Å². The third-order valence-corrected chi connectivity index (χ3v) is 3.08. The third kappa shape index (κ3) is 3.79. The van der Waals surface area contributed by atoms with Crippen molar-refractivity contribution in [2.45, 2.75) is 19.8 Å². The molecular weight excluding hydrogens is 238 g/mol. The molecule has 0 radical (unpaired) electrons. The molecule has 4 heteroatoms. The van der Waals surface area contributed by atoms with Crippen LogP contribution in [-0.2, 0) is 6.42 Å². The summed E-state index contributed by atoms with van der Waals surface area (Å²) in [6.45, 7) is 2.87. The standard InChI is InChI=1S/C13H20ClNO2/c1-9(4-5-15)6-10-7-11(14)13(17-3)8-12(10)16-2/h7-9H,4-6,15H2,1-3H3. The summed E-state index contributed by atoms with van der Waals surface area (Å²) in [5, 5.41) is 0.614. The highest BCUT2D eigenvalue weighted by Gasteiger charge is 2.12. The highest BCUT2D eigenvalue weighted by atomic mass is 35.5. The summed E-state index contributed by atoms with van der Waals surface area (Å²) in [5.41, 5.74) is 6.65. The number of ether oxygens (including phenoxy) is 2. The van der Waals surface area contributed by atoms with Gasteiger partial charge in [-0.05, 0) is 36.9 Å². The zero-order chi connectivity index (χ0) is 12.8. The monoisotopic (exact) mass is 257 g/mol. The molecule has 17 heavy (non-hydrogen) atoms. The van der Waals surface area contributed by atoms with Crippen LogP contribution in [0.1, 0.15) is 18.9 Å². The van der Waals surface area contributed by atoms with Gasteiger partial charge in [0.2, 0.25) is 0 Å². The molecule has 0 bridgehead atoms. The summed E-state index contributed by atoms with van der Waals surface area (Å²) >= 11 is 6.11. The molecule has 0 aliphatic heterocycles. The van der Waals surface area contributed by atoms with Gasteiger partial charge < -0.3 is 15.2 Å². The smallest absolute Gasteiger partial charge is 0.141 e. The lowest BCUT2D eigenvalue weighted by molar-refractivity contribution is 0.388. The molecule has 1 atom stereocenters. The van der Waals surface area contributed by atoms with E-state index in [1.165, 1.54) is 0 Å². The molecule has 0 heterocycles. The van der Waals surface area contributed by atoms with Crippen LogP contribution in [0.3, 0.4) is 0 Å². The number of hydrogen-bond acceptors (Lipinski definition) is 3. The van der Waals surface area contributed by atoms with E-state index in [2.05, 4.69) is 6.92 Å². The number of benzene rings is 1. The normalized spacial score (nSPS) is 12.3. The number of methoxy groups -OCH3 is 2. The molecule has 96 valence electrons. The van der Waals surface area contributed by atoms with E-state index in [1.807, 2.05) is 12.1 Å². The van der Waals surface area contributed by atoms with Crippen LogP contribution in [0.2, 0.25) is 5.02 Å². The molecule has 3 nitrogen and oxygen atoms in total. The van der Waals surface area contributed by atoms with Gasteiger partial charge in [-0.3, -0.25) is 0 Å². The van der Waals surface area contributed by atoms with Crippen LogP contribution < -0.4 is 15.2 Å². The van der Waals surface area contributed by atoms with Gasteiger partial charge in [-0.25, -0.2) is 0 Å². The minimum atomic E-state index is 0.512. The van der Waals surface area contributed by atoms with E-state index >= 15 is 0 Å². The highest BCUT2D eigenvalue weighted by Crippen LogP contribution is 2.33. The van der Waals surface area contributed by atoms with Crippen molar-refractivity contribution in [3.05, 3.63) is 22.7 Å². The van der Waals surface area contributed by atoms with E-state index in [1.54, 1.807) is 14.2 Å². The second-order valence-corrected chi connectivity index (χ2v) is 4.59. The zero-order valence-electron chi connectivity index (χ0n) is 10.6. The Kier molecular flexibility index (Phi) is 5.59. The van der Waals surface area contributed by atoms with Gasteiger partial charge in [0.25, 0.3) is 0 Å². The first-order valence-electron chi connectivity index (χ1n) is 5.72. The fourth-order valence-electron chi connectivity index (χ4n) is 1.84. The maximum absolute atomic E-state index is 6.11. The Morgan fingerprint density at radius 1 is 1.24 bits per heavy atom. The molecule has 0 fully saturated rings. The average molecular weight is 258 g/mol. The second kappa shape index (κ2) is 6.72. The molecule has 1 aromatic carbocycles. The Hall–Kier alpha value is -0.930. The molecule has 0 spiro atoms. The maximum Gasteiger partial charge on any atom is 0.141 e. The molecule has 0 aliphatic rings. The number of rotatable bonds is 6. The van der Waals surface area contributed by atoms with Gasteiger partial charge in [0, 0.05) is 6.07 Å². The molecule has 0 aliphatic carbocycles. The third-order valence-electron chi connectivity index (χ3n) is 2.78. The van der Waals surface area contributed by atoms with E-state index in [0.717, 1.165) is 24.2 Å². The Balaban J connectivity index is 2.94. The summed E-state index contributed by atoms with van der Waals surface area (Å²) in [6.07, 6.45) is 1.90. The number of hydrogen-bond donors (Lipinski definition) is 1. The predicted molar refractivity (Wildman–Crippen MR) is 71.1 cm³/mol. The topological polar surface area (TPSA) is 44.5 Å². The van der Waals surface area contributed by atoms with Gasteiger partial charge in [-0.1, -0.05) is 18.5 Å². The van der Waals surface area contributed by atoms with E-state index in [-0.39, 0.29) is 0 Å². The average Bonchev–Trinajstić information content (AvgIpc) is 2.29. The molecular formula is C13H20ClNO2. The summed E-state index contributed by atoms with van der Waals surface area (Å²) in [4.78, 5) is 0. The number of halogens is 1. The Labute approximate surface area is 108 Å². The summed E-state index contributed by atoms with van der Waals surface area (Å²) < 4.78 is 10.5. The minimum absolute atomic E-state index is 0.512.